The van der Waals surface area contributed by atoms with Crippen LogP contribution in [0.2, 0.25) is 0 Å². The van der Waals surface area contributed by atoms with Gasteiger partial charge in [0, 0.05) is 22.0 Å². The number of amides is 1. The minimum Gasteiger partial charge on any atom is -0.448 e. The smallest absolute Gasteiger partial charge is 0.271 e. The molecule has 28 heavy (non-hydrogen) atoms. The Balaban J connectivity index is 1.44. The van der Waals surface area contributed by atoms with Crippen molar-refractivity contribution < 1.29 is 9.21 Å². The van der Waals surface area contributed by atoms with Gasteiger partial charge in [0.2, 0.25) is 0 Å². The number of aryl methyl sites for hydroxylation is 1. The van der Waals surface area contributed by atoms with Gasteiger partial charge in [0.15, 0.2) is 5.09 Å². The maximum absolute atomic E-state index is 12.2. The van der Waals surface area contributed by atoms with Crippen molar-refractivity contribution >= 4 is 34.8 Å². The van der Waals surface area contributed by atoms with E-state index in [4.69, 9.17) is 4.42 Å². The van der Waals surface area contributed by atoms with Crippen molar-refractivity contribution in [2.24, 2.45) is 5.10 Å². The molecule has 0 saturated carbocycles. The molecule has 0 fully saturated rings. The molecule has 0 aliphatic rings. The van der Waals surface area contributed by atoms with Crippen LogP contribution < -0.4 is 5.43 Å². The quantitative estimate of drug-likeness (QED) is 0.384. The van der Waals surface area contributed by atoms with Crippen LogP contribution in [0.15, 0.2) is 92.4 Å². The van der Waals surface area contributed by atoms with Crippen LogP contribution in [0, 0.1) is 6.92 Å². The molecule has 1 amide bonds. The van der Waals surface area contributed by atoms with E-state index in [9.17, 15) is 4.79 Å². The summed E-state index contributed by atoms with van der Waals surface area (Å²) in [6.45, 7) is 1.89. The average molecular weight is 387 g/mol. The Morgan fingerprint density at radius 3 is 2.82 bits per heavy atom. The summed E-state index contributed by atoms with van der Waals surface area (Å²) in [5, 5.41) is 5.80. The molecule has 0 aliphatic heterocycles. The van der Waals surface area contributed by atoms with Crippen LogP contribution in [0.5, 0.6) is 0 Å². The number of fused-ring (bicyclic) bond motifs is 1. The molecule has 0 saturated heterocycles. The summed E-state index contributed by atoms with van der Waals surface area (Å²) < 4.78 is 5.78. The predicted molar refractivity (Wildman–Crippen MR) is 111 cm³/mol. The zero-order valence-corrected chi connectivity index (χ0v) is 15.9. The van der Waals surface area contributed by atoms with Crippen LogP contribution in [-0.4, -0.2) is 17.1 Å². The first-order valence-corrected chi connectivity index (χ1v) is 9.53. The number of benzene rings is 2. The Kier molecular flexibility index (Phi) is 5.21. The van der Waals surface area contributed by atoms with Crippen molar-refractivity contribution in [3.63, 3.8) is 0 Å². The molecule has 0 unspecified atom stereocenters. The van der Waals surface area contributed by atoms with E-state index in [1.807, 2.05) is 67.6 Å². The van der Waals surface area contributed by atoms with E-state index in [1.165, 1.54) is 18.0 Å². The Bertz CT molecular complexity index is 1160. The van der Waals surface area contributed by atoms with Crippen molar-refractivity contribution in [2.75, 3.05) is 0 Å². The molecule has 1 N–H and O–H groups in total. The molecule has 6 heteroatoms. The molecule has 0 aliphatic carbocycles. The first kappa shape index (κ1) is 18.0. The Labute approximate surface area is 166 Å². The normalized spacial score (nSPS) is 11.2. The third-order valence-corrected chi connectivity index (χ3v) is 5.13. The summed E-state index contributed by atoms with van der Waals surface area (Å²) in [6, 6.07) is 21.0. The number of carbonyl (C=O) groups is 1. The molecule has 5 nitrogen and oxygen atoms in total. The van der Waals surface area contributed by atoms with E-state index in [-0.39, 0.29) is 5.91 Å². The predicted octanol–water partition coefficient (Wildman–Crippen LogP) is 5.05. The number of nitrogens with zero attached hydrogens (tertiary/aromatic N) is 2. The monoisotopic (exact) mass is 387 g/mol. The highest BCUT2D eigenvalue weighted by atomic mass is 32.2. The topological polar surface area (TPSA) is 67.5 Å². The third kappa shape index (κ3) is 3.97. The molecule has 2 aromatic heterocycles. The number of hydrogen-bond acceptors (Lipinski definition) is 5. The highest BCUT2D eigenvalue weighted by molar-refractivity contribution is 7.99. The van der Waals surface area contributed by atoms with Crippen LogP contribution in [0.4, 0.5) is 0 Å². The Hall–Kier alpha value is -3.38. The second-order valence-corrected chi connectivity index (χ2v) is 7.15. The van der Waals surface area contributed by atoms with Crippen LogP contribution in [-0.2, 0) is 0 Å². The number of furan rings is 1. The first-order valence-electron chi connectivity index (χ1n) is 8.71. The maximum Gasteiger partial charge on any atom is 0.271 e. The van der Waals surface area contributed by atoms with Gasteiger partial charge >= 0.3 is 0 Å². The lowest BCUT2D eigenvalue weighted by molar-refractivity contribution is 0.0954. The molecule has 4 aromatic rings. The van der Waals surface area contributed by atoms with E-state index in [2.05, 4.69) is 15.5 Å². The lowest BCUT2D eigenvalue weighted by Gasteiger charge is -2.03. The lowest BCUT2D eigenvalue weighted by Crippen LogP contribution is -2.18. The molecule has 138 valence electrons. The SMILES string of the molecule is Cc1ccccc1C(=O)N/N=C/c1ccc(Sc2cccc3cccnc23)o1. The molecule has 4 rings (SSSR count). The zero-order valence-electron chi connectivity index (χ0n) is 15.1. The van der Waals surface area contributed by atoms with Gasteiger partial charge in [0.05, 0.1) is 11.7 Å². The van der Waals surface area contributed by atoms with Crippen molar-refractivity contribution in [2.45, 2.75) is 16.9 Å². The summed E-state index contributed by atoms with van der Waals surface area (Å²) in [4.78, 5) is 17.6. The van der Waals surface area contributed by atoms with Crippen LogP contribution in [0.3, 0.4) is 0 Å². The van der Waals surface area contributed by atoms with Gasteiger partial charge in [-0.25, -0.2) is 5.43 Å². The van der Waals surface area contributed by atoms with Gasteiger partial charge < -0.3 is 4.42 Å². The second kappa shape index (κ2) is 8.10. The summed E-state index contributed by atoms with van der Waals surface area (Å²) in [5.41, 5.74) is 4.96. The van der Waals surface area contributed by atoms with Crippen molar-refractivity contribution in [3.8, 4) is 0 Å². The van der Waals surface area contributed by atoms with Crippen molar-refractivity contribution in [3.05, 3.63) is 89.8 Å². The maximum atomic E-state index is 12.2. The van der Waals surface area contributed by atoms with Crippen molar-refractivity contribution in [1.82, 2.24) is 10.4 Å². The van der Waals surface area contributed by atoms with Crippen molar-refractivity contribution in [1.29, 1.82) is 0 Å². The molecular formula is C22H17N3O2S. The third-order valence-electron chi connectivity index (χ3n) is 4.16. The van der Waals surface area contributed by atoms with E-state index in [0.29, 0.717) is 11.3 Å². The van der Waals surface area contributed by atoms with Gasteiger partial charge in [-0.15, -0.1) is 0 Å². The molecule has 0 radical (unpaired) electrons. The van der Waals surface area contributed by atoms with Gasteiger partial charge in [0.1, 0.15) is 5.76 Å². The number of hydrogen-bond donors (Lipinski definition) is 1. The highest BCUT2D eigenvalue weighted by Gasteiger charge is 2.08. The highest BCUT2D eigenvalue weighted by Crippen LogP contribution is 2.33. The first-order chi connectivity index (χ1) is 13.7. The fourth-order valence-corrected chi connectivity index (χ4v) is 3.67. The number of aromatic nitrogens is 1. The summed E-state index contributed by atoms with van der Waals surface area (Å²) in [6.07, 6.45) is 3.27. The average Bonchev–Trinajstić information content (AvgIpc) is 3.16. The van der Waals surface area contributed by atoms with Crippen LogP contribution in [0.25, 0.3) is 10.9 Å². The van der Waals surface area contributed by atoms with E-state index >= 15 is 0 Å². The molecule has 2 aromatic carbocycles. The van der Waals surface area contributed by atoms with Gasteiger partial charge in [-0.05, 0) is 54.6 Å². The number of carbonyl (C=O) groups excluding carboxylic acids is 1. The van der Waals surface area contributed by atoms with Gasteiger partial charge in [-0.3, -0.25) is 9.78 Å². The standard InChI is InChI=1S/C22H17N3O2S/c1-15-6-2-3-9-18(15)22(26)25-24-14-17-11-12-20(27-17)28-19-10-4-7-16-8-5-13-23-21(16)19/h2-14H,1H3,(H,25,26)/b24-14+. The summed E-state index contributed by atoms with van der Waals surface area (Å²) >= 11 is 1.50. The summed E-state index contributed by atoms with van der Waals surface area (Å²) in [7, 11) is 0. The molecule has 0 bridgehead atoms. The second-order valence-electron chi connectivity index (χ2n) is 6.10. The van der Waals surface area contributed by atoms with Gasteiger partial charge in [0.25, 0.3) is 5.91 Å². The molecule has 2 heterocycles. The van der Waals surface area contributed by atoms with Crippen LogP contribution >= 0.6 is 11.8 Å². The van der Waals surface area contributed by atoms with Gasteiger partial charge in [-0.1, -0.05) is 36.4 Å². The van der Waals surface area contributed by atoms with Gasteiger partial charge in [-0.2, -0.15) is 5.10 Å². The van der Waals surface area contributed by atoms with Crippen LogP contribution in [0.1, 0.15) is 21.7 Å². The van der Waals surface area contributed by atoms with E-state index in [0.717, 1.165) is 26.5 Å². The molecular weight excluding hydrogens is 370 g/mol. The number of hydrazone groups is 1. The number of nitrogens with one attached hydrogen (secondary N) is 1. The molecule has 0 atom stereocenters. The Morgan fingerprint density at radius 2 is 1.93 bits per heavy atom. The van der Waals surface area contributed by atoms with E-state index < -0.39 is 0 Å². The molecule has 0 spiro atoms. The Morgan fingerprint density at radius 1 is 1.07 bits per heavy atom. The minimum atomic E-state index is -0.252. The zero-order chi connectivity index (χ0) is 19.3. The summed E-state index contributed by atoms with van der Waals surface area (Å²) in [5.74, 6) is 0.304. The fourth-order valence-electron chi connectivity index (χ4n) is 2.77. The number of pyridine rings is 1. The fraction of sp³-hybridized carbons (Fsp3) is 0.0455. The van der Waals surface area contributed by atoms with E-state index in [1.54, 1.807) is 12.3 Å². The largest absolute Gasteiger partial charge is 0.448 e. The number of para-hydroxylation sites is 1. The lowest BCUT2D eigenvalue weighted by atomic mass is 10.1. The number of rotatable bonds is 5. The minimum absolute atomic E-state index is 0.252.